The van der Waals surface area contributed by atoms with Crippen molar-refractivity contribution in [3.63, 3.8) is 0 Å². The number of piperazine rings is 1. The number of hydrogen-bond acceptors (Lipinski definition) is 4. The molecule has 0 saturated carbocycles. The molecule has 2 unspecified atom stereocenters. The van der Waals surface area contributed by atoms with Gasteiger partial charge in [0.15, 0.2) is 0 Å². The topological polar surface area (TPSA) is 43.9 Å². The first kappa shape index (κ1) is 20.6. The standard InChI is InChI=1S/C18H30ClN3O2S/c1-15-12-21(13-16(2)22(15)11-5-10-20(3)4)25(23,24)14-17-6-8-18(19)9-7-17/h6-9,15-16H,5,10-14H2,1-4H3. The average molecular weight is 388 g/mol. The first-order valence-corrected chi connectivity index (χ1v) is 10.8. The van der Waals surface area contributed by atoms with Crippen LogP contribution in [0.15, 0.2) is 24.3 Å². The van der Waals surface area contributed by atoms with Crippen molar-refractivity contribution in [3.05, 3.63) is 34.9 Å². The highest BCUT2D eigenvalue weighted by atomic mass is 35.5. The predicted molar refractivity (Wildman–Crippen MR) is 104 cm³/mol. The molecule has 7 heteroatoms. The van der Waals surface area contributed by atoms with E-state index in [0.29, 0.717) is 18.1 Å². The van der Waals surface area contributed by atoms with E-state index in [9.17, 15) is 8.42 Å². The minimum atomic E-state index is -3.32. The van der Waals surface area contributed by atoms with Gasteiger partial charge in [0.1, 0.15) is 0 Å². The molecule has 0 spiro atoms. The Labute approximate surface area is 157 Å². The van der Waals surface area contributed by atoms with Crippen LogP contribution in [-0.2, 0) is 15.8 Å². The summed E-state index contributed by atoms with van der Waals surface area (Å²) in [4.78, 5) is 4.61. The largest absolute Gasteiger partial charge is 0.309 e. The van der Waals surface area contributed by atoms with Crippen molar-refractivity contribution in [2.75, 3.05) is 40.3 Å². The summed E-state index contributed by atoms with van der Waals surface area (Å²) in [5.41, 5.74) is 0.776. The lowest BCUT2D eigenvalue weighted by atomic mass is 10.1. The molecular formula is C18H30ClN3O2S. The van der Waals surface area contributed by atoms with Crippen molar-refractivity contribution in [1.82, 2.24) is 14.1 Å². The van der Waals surface area contributed by atoms with E-state index < -0.39 is 10.0 Å². The van der Waals surface area contributed by atoms with E-state index in [1.54, 1.807) is 28.6 Å². The molecule has 0 bridgehead atoms. The molecule has 1 aromatic rings. The highest BCUT2D eigenvalue weighted by Gasteiger charge is 2.34. The second kappa shape index (κ2) is 8.82. The summed E-state index contributed by atoms with van der Waals surface area (Å²) in [6.45, 7) is 7.41. The molecule has 1 fully saturated rings. The molecule has 0 radical (unpaired) electrons. The minimum absolute atomic E-state index is 0.0320. The Morgan fingerprint density at radius 2 is 1.68 bits per heavy atom. The predicted octanol–water partition coefficient (Wildman–Crippen LogP) is 2.52. The molecule has 0 aliphatic carbocycles. The SMILES string of the molecule is CC1CN(S(=O)(=O)Cc2ccc(Cl)cc2)CC(C)N1CCCN(C)C. The Bertz CT molecular complexity index is 637. The Hall–Kier alpha value is -0.660. The lowest BCUT2D eigenvalue weighted by molar-refractivity contribution is 0.0739. The third-order valence-electron chi connectivity index (χ3n) is 4.75. The molecule has 2 atom stereocenters. The highest BCUT2D eigenvalue weighted by Crippen LogP contribution is 2.21. The van der Waals surface area contributed by atoms with Gasteiger partial charge in [0.2, 0.25) is 10.0 Å². The third-order valence-corrected chi connectivity index (χ3v) is 6.78. The van der Waals surface area contributed by atoms with Crippen molar-refractivity contribution >= 4 is 21.6 Å². The van der Waals surface area contributed by atoms with Gasteiger partial charge in [0, 0.05) is 36.7 Å². The number of rotatable bonds is 7. The van der Waals surface area contributed by atoms with Crippen molar-refractivity contribution < 1.29 is 8.42 Å². The summed E-state index contributed by atoms with van der Waals surface area (Å²) in [5.74, 6) is 0.0320. The van der Waals surface area contributed by atoms with Gasteiger partial charge in [-0.15, -0.1) is 0 Å². The van der Waals surface area contributed by atoms with Gasteiger partial charge in [-0.05, 0) is 58.6 Å². The molecule has 0 N–H and O–H groups in total. The van der Waals surface area contributed by atoms with Crippen molar-refractivity contribution in [2.45, 2.75) is 38.1 Å². The first-order valence-electron chi connectivity index (χ1n) is 8.82. The summed E-state index contributed by atoms with van der Waals surface area (Å²) >= 11 is 5.88. The zero-order valence-corrected chi connectivity index (χ0v) is 17.2. The second-order valence-electron chi connectivity index (χ2n) is 7.29. The molecule has 1 saturated heterocycles. The molecule has 2 rings (SSSR count). The van der Waals surface area contributed by atoms with Crippen LogP contribution in [0.1, 0.15) is 25.8 Å². The van der Waals surface area contributed by atoms with E-state index in [0.717, 1.165) is 25.1 Å². The van der Waals surface area contributed by atoms with Crippen LogP contribution in [-0.4, -0.2) is 74.9 Å². The number of sulfonamides is 1. The fraction of sp³-hybridized carbons (Fsp3) is 0.667. The molecule has 142 valence electrons. The Kier molecular flexibility index (Phi) is 7.29. The summed E-state index contributed by atoms with van der Waals surface area (Å²) in [5, 5.41) is 0.620. The average Bonchev–Trinajstić information content (AvgIpc) is 2.51. The van der Waals surface area contributed by atoms with E-state index >= 15 is 0 Å². The maximum absolute atomic E-state index is 12.8. The number of benzene rings is 1. The minimum Gasteiger partial charge on any atom is -0.309 e. The number of nitrogens with zero attached hydrogens (tertiary/aromatic N) is 3. The molecule has 0 aromatic heterocycles. The van der Waals surface area contributed by atoms with Crippen LogP contribution in [0.4, 0.5) is 0 Å². The zero-order valence-electron chi connectivity index (χ0n) is 15.7. The Morgan fingerprint density at radius 3 is 2.20 bits per heavy atom. The summed E-state index contributed by atoms with van der Waals surface area (Å²) in [6, 6.07) is 7.49. The van der Waals surface area contributed by atoms with Gasteiger partial charge in [-0.2, -0.15) is 4.31 Å². The molecule has 5 nitrogen and oxygen atoms in total. The van der Waals surface area contributed by atoms with E-state index in [2.05, 4.69) is 37.7 Å². The van der Waals surface area contributed by atoms with E-state index in [-0.39, 0.29) is 17.8 Å². The molecule has 1 heterocycles. The van der Waals surface area contributed by atoms with E-state index in [1.807, 2.05) is 0 Å². The molecule has 25 heavy (non-hydrogen) atoms. The summed E-state index contributed by atoms with van der Waals surface area (Å²) in [6.07, 6.45) is 1.10. The third kappa shape index (κ3) is 5.93. The van der Waals surface area contributed by atoms with Gasteiger partial charge in [-0.3, -0.25) is 4.90 Å². The fourth-order valence-electron chi connectivity index (χ4n) is 3.43. The zero-order chi connectivity index (χ0) is 18.6. The van der Waals surface area contributed by atoms with Crippen LogP contribution >= 0.6 is 11.6 Å². The number of hydrogen-bond donors (Lipinski definition) is 0. The molecule has 1 aliphatic rings. The monoisotopic (exact) mass is 387 g/mol. The molecule has 0 amide bonds. The van der Waals surface area contributed by atoms with Gasteiger partial charge >= 0.3 is 0 Å². The Morgan fingerprint density at radius 1 is 1.12 bits per heavy atom. The van der Waals surface area contributed by atoms with Crippen molar-refractivity contribution in [1.29, 1.82) is 0 Å². The molecule has 1 aromatic carbocycles. The quantitative estimate of drug-likeness (QED) is 0.721. The van der Waals surface area contributed by atoms with E-state index in [1.165, 1.54) is 0 Å². The summed E-state index contributed by atoms with van der Waals surface area (Å²) in [7, 11) is 0.838. The van der Waals surface area contributed by atoms with Crippen LogP contribution in [0.2, 0.25) is 5.02 Å². The maximum atomic E-state index is 12.8. The number of halogens is 1. The van der Waals surface area contributed by atoms with Gasteiger partial charge in [0.25, 0.3) is 0 Å². The Balaban J connectivity index is 1.98. The van der Waals surface area contributed by atoms with Crippen LogP contribution in [0.5, 0.6) is 0 Å². The van der Waals surface area contributed by atoms with Crippen LogP contribution in [0.25, 0.3) is 0 Å². The van der Waals surface area contributed by atoms with E-state index in [4.69, 9.17) is 11.6 Å². The molecular weight excluding hydrogens is 358 g/mol. The fourth-order valence-corrected chi connectivity index (χ4v) is 5.24. The first-order chi connectivity index (χ1) is 11.7. The van der Waals surface area contributed by atoms with Gasteiger partial charge in [-0.25, -0.2) is 8.42 Å². The normalized spacial score (nSPS) is 23.3. The maximum Gasteiger partial charge on any atom is 0.218 e. The van der Waals surface area contributed by atoms with Crippen LogP contribution in [0.3, 0.4) is 0 Å². The lowest BCUT2D eigenvalue weighted by Crippen LogP contribution is -2.58. The van der Waals surface area contributed by atoms with Crippen LogP contribution < -0.4 is 0 Å². The molecule has 1 aliphatic heterocycles. The highest BCUT2D eigenvalue weighted by molar-refractivity contribution is 7.88. The van der Waals surface area contributed by atoms with Crippen molar-refractivity contribution in [3.8, 4) is 0 Å². The van der Waals surface area contributed by atoms with Crippen LogP contribution in [0, 0.1) is 0 Å². The summed E-state index contributed by atoms with van der Waals surface area (Å²) < 4.78 is 27.3. The van der Waals surface area contributed by atoms with Gasteiger partial charge in [-0.1, -0.05) is 23.7 Å². The van der Waals surface area contributed by atoms with Gasteiger partial charge in [0.05, 0.1) is 5.75 Å². The van der Waals surface area contributed by atoms with Gasteiger partial charge < -0.3 is 4.90 Å². The smallest absolute Gasteiger partial charge is 0.218 e. The lowest BCUT2D eigenvalue weighted by Gasteiger charge is -2.44. The second-order valence-corrected chi connectivity index (χ2v) is 9.70. The van der Waals surface area contributed by atoms with Crippen molar-refractivity contribution in [2.24, 2.45) is 0 Å².